The van der Waals surface area contributed by atoms with Gasteiger partial charge in [-0.05, 0) is 42.3 Å². The summed E-state index contributed by atoms with van der Waals surface area (Å²) in [6.45, 7) is 1.69. The van der Waals surface area contributed by atoms with Crippen LogP contribution in [-0.2, 0) is 11.2 Å². The molecule has 0 fully saturated rings. The standard InChI is InChI=1S/C20H20FN5O2/c1-14(27)24-19-11-16(7-8-18(19)21)25-20(28)22-10-9-15-12-23-26(13-15)17-5-3-2-4-6-17/h2-8,11-13H,9-10H2,1H3,(H,24,27)(H2,22,25,28). The van der Waals surface area contributed by atoms with Crippen molar-refractivity contribution in [3.05, 3.63) is 72.3 Å². The summed E-state index contributed by atoms with van der Waals surface area (Å²) in [6, 6.07) is 13.3. The molecule has 0 bridgehead atoms. The highest BCUT2D eigenvalue weighted by Crippen LogP contribution is 2.19. The van der Waals surface area contributed by atoms with Gasteiger partial charge in [-0.1, -0.05) is 18.2 Å². The summed E-state index contributed by atoms with van der Waals surface area (Å²) < 4.78 is 15.4. The van der Waals surface area contributed by atoms with E-state index >= 15 is 0 Å². The van der Waals surface area contributed by atoms with Crippen molar-refractivity contribution in [2.24, 2.45) is 0 Å². The summed E-state index contributed by atoms with van der Waals surface area (Å²) in [6.07, 6.45) is 4.28. The molecule has 3 N–H and O–H groups in total. The first-order valence-corrected chi connectivity index (χ1v) is 8.72. The normalized spacial score (nSPS) is 10.4. The molecule has 0 atom stereocenters. The lowest BCUT2D eigenvalue weighted by atomic mass is 10.2. The molecule has 1 heterocycles. The van der Waals surface area contributed by atoms with E-state index in [0.29, 0.717) is 18.7 Å². The van der Waals surface area contributed by atoms with Gasteiger partial charge in [0, 0.05) is 25.4 Å². The van der Waals surface area contributed by atoms with Gasteiger partial charge >= 0.3 is 6.03 Å². The predicted molar refractivity (Wildman–Crippen MR) is 105 cm³/mol. The molecule has 0 aliphatic heterocycles. The monoisotopic (exact) mass is 381 g/mol. The molecule has 0 unspecified atom stereocenters. The summed E-state index contributed by atoms with van der Waals surface area (Å²) in [5, 5.41) is 12.0. The van der Waals surface area contributed by atoms with Crippen molar-refractivity contribution in [3.8, 4) is 5.69 Å². The fourth-order valence-corrected chi connectivity index (χ4v) is 2.60. The van der Waals surface area contributed by atoms with E-state index in [9.17, 15) is 14.0 Å². The molecule has 7 nitrogen and oxygen atoms in total. The van der Waals surface area contributed by atoms with Crippen molar-refractivity contribution in [1.82, 2.24) is 15.1 Å². The molecule has 8 heteroatoms. The fraction of sp³-hybridized carbons (Fsp3) is 0.150. The van der Waals surface area contributed by atoms with Gasteiger partial charge < -0.3 is 16.0 Å². The average molecular weight is 381 g/mol. The van der Waals surface area contributed by atoms with Crippen LogP contribution < -0.4 is 16.0 Å². The largest absolute Gasteiger partial charge is 0.338 e. The molecule has 144 valence electrons. The van der Waals surface area contributed by atoms with E-state index in [1.54, 1.807) is 10.9 Å². The number of anilines is 2. The minimum absolute atomic E-state index is 0.0126. The summed E-state index contributed by atoms with van der Waals surface area (Å²) in [4.78, 5) is 23.1. The number of halogens is 1. The molecule has 28 heavy (non-hydrogen) atoms. The Morgan fingerprint density at radius 2 is 1.89 bits per heavy atom. The van der Waals surface area contributed by atoms with Gasteiger partial charge in [0.2, 0.25) is 5.91 Å². The number of nitrogens with one attached hydrogen (secondary N) is 3. The second-order valence-electron chi connectivity index (χ2n) is 6.14. The quantitative estimate of drug-likeness (QED) is 0.612. The maximum atomic E-state index is 13.6. The van der Waals surface area contributed by atoms with Crippen LogP contribution in [0.1, 0.15) is 12.5 Å². The van der Waals surface area contributed by atoms with E-state index in [4.69, 9.17) is 0 Å². The first-order chi connectivity index (χ1) is 13.5. The highest BCUT2D eigenvalue weighted by atomic mass is 19.1. The molecule has 0 aliphatic carbocycles. The Morgan fingerprint density at radius 3 is 2.64 bits per heavy atom. The van der Waals surface area contributed by atoms with E-state index in [1.165, 1.54) is 25.1 Å². The van der Waals surface area contributed by atoms with Crippen LogP contribution in [0, 0.1) is 5.82 Å². The second-order valence-corrected chi connectivity index (χ2v) is 6.14. The Balaban J connectivity index is 1.50. The van der Waals surface area contributed by atoms with Gasteiger partial charge in [-0.15, -0.1) is 0 Å². The number of nitrogens with zero attached hydrogens (tertiary/aromatic N) is 2. The van der Waals surface area contributed by atoms with Crippen molar-refractivity contribution in [3.63, 3.8) is 0 Å². The summed E-state index contributed by atoms with van der Waals surface area (Å²) in [7, 11) is 0. The number of benzene rings is 2. The molecule has 3 amide bonds. The number of urea groups is 1. The molecule has 3 rings (SSSR count). The van der Waals surface area contributed by atoms with Crippen LogP contribution in [0.2, 0.25) is 0 Å². The molecule has 0 saturated heterocycles. The van der Waals surface area contributed by atoms with Gasteiger partial charge in [0.1, 0.15) is 5.82 Å². The van der Waals surface area contributed by atoms with Gasteiger partial charge in [-0.2, -0.15) is 5.10 Å². The van der Waals surface area contributed by atoms with Crippen LogP contribution in [0.3, 0.4) is 0 Å². The van der Waals surface area contributed by atoms with Crippen molar-refractivity contribution in [2.75, 3.05) is 17.2 Å². The van der Waals surface area contributed by atoms with E-state index in [-0.39, 0.29) is 5.69 Å². The van der Waals surface area contributed by atoms with E-state index in [2.05, 4.69) is 21.0 Å². The number of hydrogen-bond acceptors (Lipinski definition) is 3. The van der Waals surface area contributed by atoms with Gasteiger partial charge in [-0.25, -0.2) is 13.9 Å². The average Bonchev–Trinajstić information content (AvgIpc) is 3.14. The van der Waals surface area contributed by atoms with E-state index in [0.717, 1.165) is 11.3 Å². The highest BCUT2D eigenvalue weighted by molar-refractivity contribution is 5.92. The lowest BCUT2D eigenvalue weighted by Crippen LogP contribution is -2.30. The molecule has 0 aliphatic rings. The third-order valence-corrected chi connectivity index (χ3v) is 3.89. The molecule has 0 saturated carbocycles. The SMILES string of the molecule is CC(=O)Nc1cc(NC(=O)NCCc2cnn(-c3ccccc3)c2)ccc1F. The van der Waals surface area contributed by atoms with Crippen LogP contribution in [0.25, 0.3) is 5.69 Å². The minimum Gasteiger partial charge on any atom is -0.338 e. The topological polar surface area (TPSA) is 88.1 Å². The van der Waals surface area contributed by atoms with Gasteiger partial charge in [-0.3, -0.25) is 4.79 Å². The molecule has 0 radical (unpaired) electrons. The van der Waals surface area contributed by atoms with Crippen molar-refractivity contribution in [2.45, 2.75) is 13.3 Å². The Kier molecular flexibility index (Phi) is 6.01. The molecule has 3 aromatic rings. The highest BCUT2D eigenvalue weighted by Gasteiger charge is 2.08. The first kappa shape index (κ1) is 19.1. The van der Waals surface area contributed by atoms with Gasteiger partial charge in [0.15, 0.2) is 0 Å². The Bertz CT molecular complexity index is 972. The first-order valence-electron chi connectivity index (χ1n) is 8.72. The third-order valence-electron chi connectivity index (χ3n) is 3.89. The maximum Gasteiger partial charge on any atom is 0.319 e. The number of carbonyl (C=O) groups excluding carboxylic acids is 2. The van der Waals surface area contributed by atoms with Crippen LogP contribution in [0.15, 0.2) is 60.9 Å². The smallest absolute Gasteiger partial charge is 0.319 e. The zero-order valence-corrected chi connectivity index (χ0v) is 15.3. The number of amides is 3. The second kappa shape index (κ2) is 8.81. The zero-order chi connectivity index (χ0) is 19.9. The van der Waals surface area contributed by atoms with Crippen LogP contribution in [0.4, 0.5) is 20.6 Å². The zero-order valence-electron chi connectivity index (χ0n) is 15.3. The Labute approximate surface area is 161 Å². The summed E-state index contributed by atoms with van der Waals surface area (Å²) in [5.41, 5.74) is 2.34. The van der Waals surface area contributed by atoms with Gasteiger partial charge in [0.25, 0.3) is 0 Å². The third kappa shape index (κ3) is 5.16. The lowest BCUT2D eigenvalue weighted by Gasteiger charge is -2.10. The molecular formula is C20H20FN5O2. The maximum absolute atomic E-state index is 13.6. The predicted octanol–water partition coefficient (Wildman–Crippen LogP) is 3.33. The molecular weight excluding hydrogens is 361 g/mol. The minimum atomic E-state index is -0.573. The van der Waals surface area contributed by atoms with Gasteiger partial charge in [0.05, 0.1) is 17.6 Å². The Morgan fingerprint density at radius 1 is 1.11 bits per heavy atom. The fourth-order valence-electron chi connectivity index (χ4n) is 2.60. The van der Waals surface area contributed by atoms with Crippen molar-refractivity contribution in [1.29, 1.82) is 0 Å². The number of hydrogen-bond donors (Lipinski definition) is 3. The lowest BCUT2D eigenvalue weighted by molar-refractivity contribution is -0.114. The number of rotatable bonds is 6. The molecule has 2 aromatic carbocycles. The molecule has 0 spiro atoms. The molecule has 1 aromatic heterocycles. The number of aromatic nitrogens is 2. The van der Waals surface area contributed by atoms with Crippen molar-refractivity contribution < 1.29 is 14.0 Å². The summed E-state index contributed by atoms with van der Waals surface area (Å²) >= 11 is 0. The van der Waals surface area contributed by atoms with E-state index in [1.807, 2.05) is 36.5 Å². The van der Waals surface area contributed by atoms with Crippen LogP contribution >= 0.6 is 0 Å². The van der Waals surface area contributed by atoms with E-state index < -0.39 is 17.8 Å². The number of carbonyl (C=O) groups is 2. The van der Waals surface area contributed by atoms with Crippen LogP contribution in [-0.4, -0.2) is 28.3 Å². The number of para-hydroxylation sites is 1. The van der Waals surface area contributed by atoms with Crippen molar-refractivity contribution >= 4 is 23.3 Å². The summed E-state index contributed by atoms with van der Waals surface area (Å²) in [5.74, 6) is -0.965. The van der Waals surface area contributed by atoms with Crippen LogP contribution in [0.5, 0.6) is 0 Å². The Hall–Kier alpha value is -3.68.